The highest BCUT2D eigenvalue weighted by molar-refractivity contribution is 9.10. The maximum Gasteiger partial charge on any atom is 0.335 e. The van der Waals surface area contributed by atoms with Crippen molar-refractivity contribution in [1.82, 2.24) is 5.32 Å². The molecule has 200 valence electrons. The molecule has 1 aliphatic rings. The minimum atomic E-state index is -0.908. The summed E-state index contributed by atoms with van der Waals surface area (Å²) in [5, 5.41) is 14.5. The van der Waals surface area contributed by atoms with E-state index in [2.05, 4.69) is 26.6 Å². The number of nitrogens with zero attached hydrogens (tertiary/aromatic N) is 1. The molecule has 1 saturated heterocycles. The number of hydrogen-bond acceptors (Lipinski definition) is 7. The zero-order chi connectivity index (χ0) is 28.3. The number of carbonyl (C=O) groups is 4. The number of hydrogen-bond donors (Lipinski definition) is 3. The third-order valence-corrected chi connectivity index (χ3v) is 6.36. The van der Waals surface area contributed by atoms with E-state index in [-0.39, 0.29) is 41.0 Å². The Morgan fingerprint density at radius 2 is 1.79 bits per heavy atom. The number of phenols is 1. The average molecular weight is 594 g/mol. The number of phenolic OH excluding ortho intramolecular Hbond substituents is 1. The standard InChI is InChI=1S/C28H24BrN3O7/c1-15-4-9-22(16(2)10-15)30-24(34)14-39-25-21(29)12-17(13-23(25)38-3)11-20-26(35)31-28(37)32(27(20)36)18-5-7-19(33)8-6-18/h4-13,33H,14H2,1-3H3,(H,30,34)(H,31,35,37)/b20-11-. The van der Waals surface area contributed by atoms with E-state index in [4.69, 9.17) is 9.47 Å². The van der Waals surface area contributed by atoms with Gasteiger partial charge in [-0.2, -0.15) is 0 Å². The third kappa shape index (κ3) is 6.10. The maximum atomic E-state index is 13.1. The Bertz CT molecular complexity index is 1520. The van der Waals surface area contributed by atoms with Crippen molar-refractivity contribution in [1.29, 1.82) is 0 Å². The predicted octanol–water partition coefficient (Wildman–Crippen LogP) is 4.46. The molecule has 1 aliphatic heterocycles. The van der Waals surface area contributed by atoms with Crippen LogP contribution in [0.5, 0.6) is 17.2 Å². The summed E-state index contributed by atoms with van der Waals surface area (Å²) in [6.07, 6.45) is 1.31. The third-order valence-electron chi connectivity index (χ3n) is 5.78. The molecule has 3 aromatic carbocycles. The minimum absolute atomic E-state index is 0.0440. The second-order valence-electron chi connectivity index (χ2n) is 8.66. The van der Waals surface area contributed by atoms with Crippen LogP contribution in [-0.2, 0) is 14.4 Å². The molecule has 0 unspecified atom stereocenters. The molecule has 0 atom stereocenters. The van der Waals surface area contributed by atoms with Gasteiger partial charge in [0.25, 0.3) is 17.7 Å². The van der Waals surface area contributed by atoms with E-state index in [9.17, 15) is 24.3 Å². The number of aryl methyl sites for hydroxylation is 2. The molecule has 39 heavy (non-hydrogen) atoms. The Balaban J connectivity index is 1.55. The van der Waals surface area contributed by atoms with E-state index >= 15 is 0 Å². The second-order valence-corrected chi connectivity index (χ2v) is 9.52. The van der Waals surface area contributed by atoms with Crippen molar-refractivity contribution in [3.05, 3.63) is 81.3 Å². The molecule has 11 heteroatoms. The van der Waals surface area contributed by atoms with E-state index in [1.165, 1.54) is 43.5 Å². The van der Waals surface area contributed by atoms with Gasteiger partial charge in [-0.25, -0.2) is 9.69 Å². The van der Waals surface area contributed by atoms with Crippen LogP contribution < -0.4 is 25.0 Å². The number of nitrogens with one attached hydrogen (secondary N) is 2. The number of aromatic hydroxyl groups is 1. The topological polar surface area (TPSA) is 134 Å². The molecule has 10 nitrogen and oxygen atoms in total. The number of rotatable bonds is 7. The lowest BCUT2D eigenvalue weighted by molar-refractivity contribution is -0.122. The van der Waals surface area contributed by atoms with Crippen molar-refractivity contribution in [3.8, 4) is 17.2 Å². The number of methoxy groups -OCH3 is 1. The molecule has 3 N–H and O–H groups in total. The van der Waals surface area contributed by atoms with Crippen LogP contribution in [0.4, 0.5) is 16.2 Å². The predicted molar refractivity (Wildman–Crippen MR) is 148 cm³/mol. The lowest BCUT2D eigenvalue weighted by Crippen LogP contribution is -2.54. The monoisotopic (exact) mass is 593 g/mol. The number of benzene rings is 3. The van der Waals surface area contributed by atoms with Gasteiger partial charge < -0.3 is 19.9 Å². The van der Waals surface area contributed by atoms with Gasteiger partial charge in [-0.15, -0.1) is 0 Å². The fourth-order valence-corrected chi connectivity index (χ4v) is 4.48. The molecule has 0 aliphatic carbocycles. The molecule has 0 saturated carbocycles. The Kier molecular flexibility index (Phi) is 8.01. The highest BCUT2D eigenvalue weighted by atomic mass is 79.9. The summed E-state index contributed by atoms with van der Waals surface area (Å²) in [5.74, 6) is -1.63. The van der Waals surface area contributed by atoms with Gasteiger partial charge in [0.05, 0.1) is 17.3 Å². The Morgan fingerprint density at radius 3 is 2.46 bits per heavy atom. The highest BCUT2D eigenvalue weighted by Gasteiger charge is 2.37. The van der Waals surface area contributed by atoms with Crippen molar-refractivity contribution in [3.63, 3.8) is 0 Å². The Labute approximate surface area is 232 Å². The zero-order valence-corrected chi connectivity index (χ0v) is 22.8. The minimum Gasteiger partial charge on any atom is -0.508 e. The summed E-state index contributed by atoms with van der Waals surface area (Å²) >= 11 is 3.40. The number of imide groups is 2. The summed E-state index contributed by atoms with van der Waals surface area (Å²) in [6.45, 7) is 3.56. The number of barbiturate groups is 1. The number of anilines is 2. The molecule has 0 spiro atoms. The van der Waals surface area contributed by atoms with Gasteiger partial charge in [-0.05, 0) is 89.4 Å². The van der Waals surface area contributed by atoms with E-state index in [0.717, 1.165) is 16.0 Å². The molecule has 0 aromatic heterocycles. The number of halogens is 1. The van der Waals surface area contributed by atoms with E-state index in [0.29, 0.717) is 15.7 Å². The summed E-state index contributed by atoms with van der Waals surface area (Å²) in [5.41, 5.74) is 2.96. The van der Waals surface area contributed by atoms with Crippen molar-refractivity contribution < 1.29 is 33.8 Å². The molecule has 0 bridgehead atoms. The van der Waals surface area contributed by atoms with Crippen molar-refractivity contribution in [2.75, 3.05) is 23.9 Å². The SMILES string of the molecule is COc1cc(/C=C2/C(=O)NC(=O)N(c3ccc(O)cc3)C2=O)cc(Br)c1OCC(=O)Nc1ccc(C)cc1C. The fourth-order valence-electron chi connectivity index (χ4n) is 3.90. The fraction of sp³-hybridized carbons (Fsp3) is 0.143. The Hall–Kier alpha value is -4.64. The van der Waals surface area contributed by atoms with Crippen molar-refractivity contribution in [2.24, 2.45) is 0 Å². The first-order chi connectivity index (χ1) is 18.6. The van der Waals surface area contributed by atoms with Crippen LogP contribution in [0.25, 0.3) is 6.08 Å². The zero-order valence-electron chi connectivity index (χ0n) is 21.2. The molecule has 5 amide bonds. The summed E-state index contributed by atoms with van der Waals surface area (Å²) in [6, 6.07) is 13.3. The first-order valence-electron chi connectivity index (χ1n) is 11.7. The van der Waals surface area contributed by atoms with Crippen LogP contribution in [0.3, 0.4) is 0 Å². The van der Waals surface area contributed by atoms with Gasteiger partial charge in [0.15, 0.2) is 18.1 Å². The summed E-state index contributed by atoms with van der Waals surface area (Å²) in [4.78, 5) is 51.3. The first-order valence-corrected chi connectivity index (χ1v) is 12.4. The van der Waals surface area contributed by atoms with Gasteiger partial charge in [0.1, 0.15) is 11.3 Å². The van der Waals surface area contributed by atoms with Crippen LogP contribution in [-0.4, -0.2) is 42.6 Å². The number of urea groups is 1. The molecule has 3 aromatic rings. The van der Waals surface area contributed by atoms with E-state index in [1.807, 2.05) is 32.0 Å². The lowest BCUT2D eigenvalue weighted by atomic mass is 10.1. The molecule has 1 heterocycles. The van der Waals surface area contributed by atoms with Crippen LogP contribution in [0.15, 0.2) is 64.6 Å². The average Bonchev–Trinajstić information content (AvgIpc) is 2.88. The molecular formula is C28H24BrN3O7. The molecule has 0 radical (unpaired) electrons. The largest absolute Gasteiger partial charge is 0.508 e. The van der Waals surface area contributed by atoms with Gasteiger partial charge in [0, 0.05) is 5.69 Å². The van der Waals surface area contributed by atoms with Crippen LogP contribution >= 0.6 is 15.9 Å². The first kappa shape index (κ1) is 27.4. The number of carbonyl (C=O) groups excluding carboxylic acids is 4. The van der Waals surface area contributed by atoms with E-state index in [1.54, 1.807) is 6.07 Å². The normalized spacial score (nSPS) is 14.3. The van der Waals surface area contributed by atoms with Crippen LogP contribution in [0.1, 0.15) is 16.7 Å². The van der Waals surface area contributed by atoms with Crippen LogP contribution in [0, 0.1) is 13.8 Å². The van der Waals surface area contributed by atoms with Crippen molar-refractivity contribution in [2.45, 2.75) is 13.8 Å². The molecule has 4 rings (SSSR count). The number of amides is 5. The summed E-state index contributed by atoms with van der Waals surface area (Å²) in [7, 11) is 1.41. The van der Waals surface area contributed by atoms with Gasteiger partial charge in [-0.3, -0.25) is 19.7 Å². The van der Waals surface area contributed by atoms with Crippen molar-refractivity contribution >= 4 is 57.1 Å². The smallest absolute Gasteiger partial charge is 0.335 e. The van der Waals surface area contributed by atoms with E-state index < -0.39 is 17.8 Å². The van der Waals surface area contributed by atoms with Gasteiger partial charge in [0.2, 0.25) is 0 Å². The summed E-state index contributed by atoms with van der Waals surface area (Å²) < 4.78 is 11.5. The molecule has 1 fully saturated rings. The van der Waals surface area contributed by atoms with Gasteiger partial charge >= 0.3 is 6.03 Å². The number of ether oxygens (including phenoxy) is 2. The maximum absolute atomic E-state index is 13.1. The van der Waals surface area contributed by atoms with Gasteiger partial charge in [-0.1, -0.05) is 17.7 Å². The van der Waals surface area contributed by atoms with Crippen LogP contribution in [0.2, 0.25) is 0 Å². The lowest BCUT2D eigenvalue weighted by Gasteiger charge is -2.26. The molecular weight excluding hydrogens is 570 g/mol. The highest BCUT2D eigenvalue weighted by Crippen LogP contribution is 2.37. The second kappa shape index (κ2) is 11.4. The quantitative estimate of drug-likeness (QED) is 0.272. The Morgan fingerprint density at radius 1 is 1.08 bits per heavy atom.